The van der Waals surface area contributed by atoms with E-state index >= 15 is 0 Å². The van der Waals surface area contributed by atoms with E-state index in [4.69, 9.17) is 11.6 Å². The number of piperazine rings is 1. The molecule has 6 nitrogen and oxygen atoms in total. The molecule has 7 heteroatoms. The number of anilines is 3. The van der Waals surface area contributed by atoms with Crippen LogP contribution in [0, 0.1) is 0 Å². The largest absolute Gasteiger partial charge is 0.371 e. The quantitative estimate of drug-likeness (QED) is 0.772. The van der Waals surface area contributed by atoms with Crippen LogP contribution in [0.15, 0.2) is 42.5 Å². The highest BCUT2D eigenvalue weighted by atomic mass is 35.5. The molecule has 0 aromatic heterocycles. The van der Waals surface area contributed by atoms with E-state index in [2.05, 4.69) is 15.1 Å². The number of halogens is 1. The number of carbonyl (C=O) groups excluding carboxylic acids is 2. The second-order valence-electron chi connectivity index (χ2n) is 8.22. The van der Waals surface area contributed by atoms with E-state index in [1.54, 1.807) is 0 Å². The standard InChI is InChI=1S/C24H29ClN4O2/c1-18(30)26-20-7-10-22(23(17-20)28-11-3-2-4-12-28)24(31)29-15-13-27(14-16-29)21-8-5-19(25)6-9-21/h5-10,17H,2-4,11-16H2,1H3,(H,26,30). The van der Waals surface area contributed by atoms with Crippen molar-refractivity contribution in [2.24, 2.45) is 0 Å². The summed E-state index contributed by atoms with van der Waals surface area (Å²) in [5.41, 5.74) is 3.51. The molecule has 2 saturated heterocycles. The third-order valence-electron chi connectivity index (χ3n) is 6.00. The average Bonchev–Trinajstić information content (AvgIpc) is 2.79. The molecule has 0 spiro atoms. The summed E-state index contributed by atoms with van der Waals surface area (Å²) in [6.45, 7) is 6.30. The molecular formula is C24H29ClN4O2. The van der Waals surface area contributed by atoms with Crippen LogP contribution in [0.25, 0.3) is 0 Å². The van der Waals surface area contributed by atoms with Crippen molar-refractivity contribution >= 4 is 40.5 Å². The molecule has 2 aliphatic rings. The third-order valence-corrected chi connectivity index (χ3v) is 6.26. The van der Waals surface area contributed by atoms with Crippen LogP contribution in [0.4, 0.5) is 17.1 Å². The number of benzene rings is 2. The van der Waals surface area contributed by atoms with Gasteiger partial charge in [0.2, 0.25) is 5.91 Å². The molecule has 2 amide bonds. The van der Waals surface area contributed by atoms with Gasteiger partial charge in [0.05, 0.1) is 11.3 Å². The summed E-state index contributed by atoms with van der Waals surface area (Å²) in [5, 5.41) is 3.58. The van der Waals surface area contributed by atoms with Gasteiger partial charge in [0, 0.05) is 62.6 Å². The fourth-order valence-electron chi connectivity index (χ4n) is 4.38. The van der Waals surface area contributed by atoms with E-state index < -0.39 is 0 Å². The number of nitrogens with zero attached hydrogens (tertiary/aromatic N) is 3. The van der Waals surface area contributed by atoms with Gasteiger partial charge < -0.3 is 20.0 Å². The SMILES string of the molecule is CC(=O)Nc1ccc(C(=O)N2CCN(c3ccc(Cl)cc3)CC2)c(N2CCCCC2)c1. The molecule has 0 unspecified atom stereocenters. The highest BCUT2D eigenvalue weighted by molar-refractivity contribution is 6.30. The molecule has 31 heavy (non-hydrogen) atoms. The molecular weight excluding hydrogens is 412 g/mol. The molecule has 0 aliphatic carbocycles. The Morgan fingerprint density at radius 2 is 1.52 bits per heavy atom. The van der Waals surface area contributed by atoms with Gasteiger partial charge in [-0.2, -0.15) is 0 Å². The highest BCUT2D eigenvalue weighted by Gasteiger charge is 2.26. The Morgan fingerprint density at radius 3 is 2.16 bits per heavy atom. The van der Waals surface area contributed by atoms with Crippen molar-refractivity contribution in [3.63, 3.8) is 0 Å². The molecule has 2 aromatic carbocycles. The first kappa shape index (κ1) is 21.5. The van der Waals surface area contributed by atoms with Crippen molar-refractivity contribution < 1.29 is 9.59 Å². The summed E-state index contributed by atoms with van der Waals surface area (Å²) in [6, 6.07) is 13.5. The fraction of sp³-hybridized carbons (Fsp3) is 0.417. The maximum absolute atomic E-state index is 13.5. The van der Waals surface area contributed by atoms with Gasteiger partial charge in [-0.15, -0.1) is 0 Å². The van der Waals surface area contributed by atoms with Crippen molar-refractivity contribution in [2.45, 2.75) is 26.2 Å². The lowest BCUT2D eigenvalue weighted by Gasteiger charge is -2.37. The average molecular weight is 441 g/mol. The molecule has 2 aromatic rings. The minimum absolute atomic E-state index is 0.0608. The summed E-state index contributed by atoms with van der Waals surface area (Å²) >= 11 is 6.00. The van der Waals surface area contributed by atoms with Crippen molar-refractivity contribution in [2.75, 3.05) is 54.4 Å². The van der Waals surface area contributed by atoms with E-state index in [9.17, 15) is 9.59 Å². The number of hydrogen-bond acceptors (Lipinski definition) is 4. The zero-order chi connectivity index (χ0) is 21.8. The summed E-state index contributed by atoms with van der Waals surface area (Å²) in [6.07, 6.45) is 3.47. The van der Waals surface area contributed by atoms with Crippen molar-refractivity contribution in [1.82, 2.24) is 4.90 Å². The summed E-state index contributed by atoms with van der Waals surface area (Å²) in [7, 11) is 0. The molecule has 0 radical (unpaired) electrons. The van der Waals surface area contributed by atoms with E-state index in [0.29, 0.717) is 13.1 Å². The first-order valence-electron chi connectivity index (χ1n) is 11.0. The Labute approximate surface area is 188 Å². The second-order valence-corrected chi connectivity index (χ2v) is 8.65. The molecule has 2 fully saturated rings. The van der Waals surface area contributed by atoms with Gasteiger partial charge in [-0.05, 0) is 61.7 Å². The maximum atomic E-state index is 13.5. The van der Waals surface area contributed by atoms with Crippen LogP contribution in [0.3, 0.4) is 0 Å². The summed E-state index contributed by atoms with van der Waals surface area (Å²) in [4.78, 5) is 31.5. The van der Waals surface area contributed by atoms with Crippen LogP contribution in [-0.2, 0) is 4.79 Å². The Morgan fingerprint density at radius 1 is 0.839 bits per heavy atom. The molecule has 0 bridgehead atoms. The molecule has 164 valence electrons. The van der Waals surface area contributed by atoms with Crippen molar-refractivity contribution in [3.8, 4) is 0 Å². The van der Waals surface area contributed by atoms with E-state index in [0.717, 1.165) is 66.7 Å². The fourth-order valence-corrected chi connectivity index (χ4v) is 4.51. The highest BCUT2D eigenvalue weighted by Crippen LogP contribution is 2.29. The third kappa shape index (κ3) is 5.13. The zero-order valence-corrected chi connectivity index (χ0v) is 18.7. The van der Waals surface area contributed by atoms with Crippen molar-refractivity contribution in [3.05, 3.63) is 53.1 Å². The van der Waals surface area contributed by atoms with Gasteiger partial charge in [-0.25, -0.2) is 0 Å². The molecule has 0 atom stereocenters. The second kappa shape index (κ2) is 9.60. The van der Waals surface area contributed by atoms with E-state index in [1.165, 1.54) is 13.3 Å². The van der Waals surface area contributed by atoms with Gasteiger partial charge in [0.25, 0.3) is 5.91 Å². The number of rotatable bonds is 4. The van der Waals surface area contributed by atoms with Crippen LogP contribution < -0.4 is 15.1 Å². The predicted molar refractivity (Wildman–Crippen MR) is 126 cm³/mol. The van der Waals surface area contributed by atoms with Crippen LogP contribution in [0.2, 0.25) is 5.02 Å². The number of piperidine rings is 1. The Balaban J connectivity index is 1.50. The molecule has 4 rings (SSSR count). The summed E-state index contributed by atoms with van der Waals surface area (Å²) < 4.78 is 0. The summed E-state index contributed by atoms with van der Waals surface area (Å²) in [5.74, 6) is -0.0484. The van der Waals surface area contributed by atoms with Crippen LogP contribution >= 0.6 is 11.6 Å². The Hall–Kier alpha value is -2.73. The van der Waals surface area contributed by atoms with Gasteiger partial charge in [0.15, 0.2) is 0 Å². The van der Waals surface area contributed by atoms with Gasteiger partial charge in [0.1, 0.15) is 0 Å². The Kier molecular flexibility index (Phi) is 6.66. The number of nitrogens with one attached hydrogen (secondary N) is 1. The maximum Gasteiger partial charge on any atom is 0.256 e. The number of amides is 2. The van der Waals surface area contributed by atoms with Crippen molar-refractivity contribution in [1.29, 1.82) is 0 Å². The number of carbonyl (C=O) groups is 2. The molecule has 1 N–H and O–H groups in total. The predicted octanol–water partition coefficient (Wildman–Crippen LogP) is 4.25. The van der Waals surface area contributed by atoms with Gasteiger partial charge >= 0.3 is 0 Å². The normalized spacial score (nSPS) is 16.9. The molecule has 2 aliphatic heterocycles. The first-order chi connectivity index (χ1) is 15.0. The van der Waals surface area contributed by atoms with Gasteiger partial charge in [-0.3, -0.25) is 9.59 Å². The smallest absolute Gasteiger partial charge is 0.256 e. The van der Waals surface area contributed by atoms with Crippen LogP contribution in [0.5, 0.6) is 0 Å². The van der Waals surface area contributed by atoms with E-state index in [-0.39, 0.29) is 11.8 Å². The van der Waals surface area contributed by atoms with Gasteiger partial charge in [-0.1, -0.05) is 11.6 Å². The lowest BCUT2D eigenvalue weighted by Crippen LogP contribution is -2.49. The minimum Gasteiger partial charge on any atom is -0.371 e. The zero-order valence-electron chi connectivity index (χ0n) is 17.9. The molecule has 2 heterocycles. The molecule has 0 saturated carbocycles. The lowest BCUT2D eigenvalue weighted by molar-refractivity contribution is -0.114. The van der Waals surface area contributed by atoms with Crippen LogP contribution in [-0.4, -0.2) is 56.0 Å². The number of hydrogen-bond donors (Lipinski definition) is 1. The lowest BCUT2D eigenvalue weighted by atomic mass is 10.0. The van der Waals surface area contributed by atoms with Crippen LogP contribution in [0.1, 0.15) is 36.5 Å². The monoisotopic (exact) mass is 440 g/mol. The first-order valence-corrected chi connectivity index (χ1v) is 11.4. The Bertz CT molecular complexity index is 933. The van der Waals surface area contributed by atoms with E-state index in [1.807, 2.05) is 47.4 Å². The topological polar surface area (TPSA) is 55.9 Å². The minimum atomic E-state index is -0.109.